The number of carbonyl (C=O) groups excluding carboxylic acids is 1. The summed E-state index contributed by atoms with van der Waals surface area (Å²) in [6.45, 7) is 2.38. The van der Waals surface area contributed by atoms with Crippen molar-refractivity contribution in [1.29, 1.82) is 0 Å². The van der Waals surface area contributed by atoms with Gasteiger partial charge in [-0.3, -0.25) is 9.69 Å². The predicted octanol–water partition coefficient (Wildman–Crippen LogP) is 4.01. The molecule has 25 heavy (non-hydrogen) atoms. The Morgan fingerprint density at radius 1 is 1.20 bits per heavy atom. The third-order valence-corrected chi connectivity index (χ3v) is 4.63. The fraction of sp³-hybridized carbons (Fsp3) is 0.105. The molecule has 2 aromatic rings. The Kier molecular flexibility index (Phi) is 5.00. The smallest absolute Gasteiger partial charge is 0.335 e. The van der Waals surface area contributed by atoms with Crippen LogP contribution >= 0.6 is 11.8 Å². The number of benzene rings is 2. The second kappa shape index (κ2) is 7.36. The van der Waals surface area contributed by atoms with Gasteiger partial charge in [-0.15, -0.1) is 0 Å². The van der Waals surface area contributed by atoms with Crippen molar-refractivity contribution in [1.82, 2.24) is 4.90 Å². The maximum atomic E-state index is 12.6. The Labute approximate surface area is 149 Å². The minimum atomic E-state index is -1.01. The van der Waals surface area contributed by atoms with E-state index in [1.807, 2.05) is 43.3 Å². The van der Waals surface area contributed by atoms with E-state index in [2.05, 4.69) is 4.99 Å². The summed E-state index contributed by atoms with van der Waals surface area (Å²) in [6.07, 6.45) is 1.84. The monoisotopic (exact) mass is 352 g/mol. The molecule has 0 bridgehead atoms. The first-order valence-electron chi connectivity index (χ1n) is 7.77. The summed E-state index contributed by atoms with van der Waals surface area (Å²) in [7, 11) is 0. The van der Waals surface area contributed by atoms with Crippen LogP contribution in [0.5, 0.6) is 0 Å². The lowest BCUT2D eigenvalue weighted by atomic mass is 10.2. The molecule has 0 spiro atoms. The van der Waals surface area contributed by atoms with E-state index in [1.165, 1.54) is 23.9 Å². The van der Waals surface area contributed by atoms with Gasteiger partial charge in [0.15, 0.2) is 5.17 Å². The maximum Gasteiger partial charge on any atom is 0.335 e. The van der Waals surface area contributed by atoms with E-state index < -0.39 is 5.97 Å². The van der Waals surface area contributed by atoms with Crippen molar-refractivity contribution < 1.29 is 14.7 Å². The molecule has 0 saturated carbocycles. The molecule has 0 aromatic heterocycles. The van der Waals surface area contributed by atoms with Gasteiger partial charge in [-0.1, -0.05) is 36.4 Å². The summed E-state index contributed by atoms with van der Waals surface area (Å²) in [5, 5.41) is 9.64. The zero-order chi connectivity index (χ0) is 17.8. The molecule has 0 aliphatic carbocycles. The van der Waals surface area contributed by atoms with Crippen LogP contribution in [0.3, 0.4) is 0 Å². The van der Waals surface area contributed by atoms with E-state index in [0.717, 1.165) is 5.56 Å². The van der Waals surface area contributed by atoms with E-state index in [1.54, 1.807) is 17.0 Å². The normalized spacial score (nSPS) is 17.5. The molecule has 0 radical (unpaired) electrons. The van der Waals surface area contributed by atoms with Gasteiger partial charge in [0, 0.05) is 6.54 Å². The number of likely N-dealkylation sites (N-methyl/N-ethyl adjacent to an activating group) is 1. The first-order chi connectivity index (χ1) is 12.1. The number of carboxylic acids is 1. The second-order valence-corrected chi connectivity index (χ2v) is 6.33. The number of hydrogen-bond donors (Lipinski definition) is 1. The molecule has 1 aliphatic rings. The van der Waals surface area contributed by atoms with Crippen molar-refractivity contribution in [3.63, 3.8) is 0 Å². The lowest BCUT2D eigenvalue weighted by Crippen LogP contribution is -2.28. The van der Waals surface area contributed by atoms with Crippen LogP contribution in [0, 0.1) is 0 Å². The zero-order valence-corrected chi connectivity index (χ0v) is 14.4. The number of thioether (sulfide) groups is 1. The van der Waals surface area contributed by atoms with Gasteiger partial charge >= 0.3 is 5.97 Å². The molecule has 0 atom stereocenters. The van der Waals surface area contributed by atoms with Crippen molar-refractivity contribution in [2.75, 3.05) is 6.54 Å². The highest BCUT2D eigenvalue weighted by Gasteiger charge is 2.32. The van der Waals surface area contributed by atoms with Gasteiger partial charge in [-0.25, -0.2) is 9.79 Å². The Hall–Kier alpha value is -2.86. The summed E-state index contributed by atoms with van der Waals surface area (Å²) in [5.41, 5.74) is 1.62. The maximum absolute atomic E-state index is 12.6. The van der Waals surface area contributed by atoms with Crippen molar-refractivity contribution >= 4 is 40.6 Å². The third-order valence-electron chi connectivity index (χ3n) is 3.62. The van der Waals surface area contributed by atoms with E-state index in [0.29, 0.717) is 22.3 Å². The summed E-state index contributed by atoms with van der Waals surface area (Å²) >= 11 is 1.30. The van der Waals surface area contributed by atoms with Crippen LogP contribution in [-0.2, 0) is 4.79 Å². The molecular weight excluding hydrogens is 336 g/mol. The molecule has 1 amide bonds. The molecule has 1 aliphatic heterocycles. The molecule has 126 valence electrons. The molecule has 1 N–H and O–H groups in total. The number of nitrogens with zero attached hydrogens (tertiary/aromatic N) is 2. The first-order valence-corrected chi connectivity index (χ1v) is 8.58. The number of rotatable bonds is 4. The predicted molar refractivity (Wildman–Crippen MR) is 99.9 cm³/mol. The molecule has 1 heterocycles. The van der Waals surface area contributed by atoms with Crippen molar-refractivity contribution in [3.8, 4) is 0 Å². The largest absolute Gasteiger partial charge is 0.478 e. The average molecular weight is 352 g/mol. The summed E-state index contributed by atoms with van der Waals surface area (Å²) in [5.74, 6) is -1.10. The van der Waals surface area contributed by atoms with Crippen LogP contribution in [0.15, 0.2) is 64.5 Å². The van der Waals surface area contributed by atoms with Gasteiger partial charge in [0.05, 0.1) is 16.2 Å². The van der Waals surface area contributed by atoms with Crippen molar-refractivity contribution in [2.45, 2.75) is 6.92 Å². The first kappa shape index (κ1) is 17.0. The minimum Gasteiger partial charge on any atom is -0.478 e. The Morgan fingerprint density at radius 2 is 1.96 bits per heavy atom. The second-order valence-electron chi connectivity index (χ2n) is 5.32. The fourth-order valence-corrected chi connectivity index (χ4v) is 3.45. The van der Waals surface area contributed by atoms with Crippen LogP contribution in [0.4, 0.5) is 5.69 Å². The highest BCUT2D eigenvalue weighted by atomic mass is 32.2. The molecule has 6 heteroatoms. The van der Waals surface area contributed by atoms with Crippen LogP contribution in [-0.4, -0.2) is 33.6 Å². The fourth-order valence-electron chi connectivity index (χ4n) is 2.39. The molecule has 1 saturated heterocycles. The van der Waals surface area contributed by atoms with Gasteiger partial charge < -0.3 is 5.11 Å². The van der Waals surface area contributed by atoms with Gasteiger partial charge in [-0.2, -0.15) is 0 Å². The number of hydrogen-bond acceptors (Lipinski definition) is 4. The van der Waals surface area contributed by atoms with Crippen LogP contribution in [0.2, 0.25) is 0 Å². The molecular formula is C19H16N2O3S. The minimum absolute atomic E-state index is 0.0931. The number of carbonyl (C=O) groups is 2. The Bertz CT molecular complexity index is 875. The highest BCUT2D eigenvalue weighted by Crippen LogP contribution is 2.34. The number of amidine groups is 1. The number of aromatic carboxylic acids is 1. The van der Waals surface area contributed by atoms with Gasteiger partial charge in [0.1, 0.15) is 0 Å². The molecule has 5 nitrogen and oxygen atoms in total. The summed E-state index contributed by atoms with van der Waals surface area (Å²) in [6, 6.07) is 16.0. The number of amides is 1. The molecule has 0 unspecified atom stereocenters. The summed E-state index contributed by atoms with van der Waals surface area (Å²) in [4.78, 5) is 30.3. The Morgan fingerprint density at radius 3 is 2.64 bits per heavy atom. The standard InChI is InChI=1S/C19H16N2O3S/c1-2-21-17(22)16(11-13-7-4-3-5-8-13)25-19(21)20-15-10-6-9-14(12-15)18(23)24/h3-12H,2H2,1H3,(H,23,24). The lowest BCUT2D eigenvalue weighted by molar-refractivity contribution is -0.122. The SMILES string of the molecule is CCN1C(=O)C(=Cc2ccccc2)SC1=Nc1cccc(C(=O)O)c1. The van der Waals surface area contributed by atoms with Gasteiger partial charge in [0.25, 0.3) is 5.91 Å². The molecule has 2 aromatic carbocycles. The van der Waals surface area contributed by atoms with Crippen molar-refractivity contribution in [3.05, 3.63) is 70.6 Å². The van der Waals surface area contributed by atoms with E-state index in [-0.39, 0.29) is 11.5 Å². The van der Waals surface area contributed by atoms with Crippen molar-refractivity contribution in [2.24, 2.45) is 4.99 Å². The molecule has 3 rings (SSSR count). The Balaban J connectivity index is 1.94. The topological polar surface area (TPSA) is 70.0 Å². The van der Waals surface area contributed by atoms with E-state index in [4.69, 9.17) is 5.11 Å². The average Bonchev–Trinajstić information content (AvgIpc) is 2.90. The van der Waals surface area contributed by atoms with E-state index >= 15 is 0 Å². The van der Waals surface area contributed by atoms with Crippen LogP contribution < -0.4 is 0 Å². The lowest BCUT2D eigenvalue weighted by Gasteiger charge is -2.12. The van der Waals surface area contributed by atoms with Gasteiger partial charge in [-0.05, 0) is 48.5 Å². The van der Waals surface area contributed by atoms with Crippen LogP contribution in [0.25, 0.3) is 6.08 Å². The molecule has 1 fully saturated rings. The zero-order valence-electron chi connectivity index (χ0n) is 13.5. The van der Waals surface area contributed by atoms with E-state index in [9.17, 15) is 9.59 Å². The van der Waals surface area contributed by atoms with Crippen LogP contribution in [0.1, 0.15) is 22.8 Å². The number of carboxylic acid groups (broad SMARTS) is 1. The quantitative estimate of drug-likeness (QED) is 0.844. The van der Waals surface area contributed by atoms with Gasteiger partial charge in [0.2, 0.25) is 0 Å². The highest BCUT2D eigenvalue weighted by molar-refractivity contribution is 8.18. The number of aliphatic imine (C=N–C) groups is 1. The third kappa shape index (κ3) is 3.80. The summed E-state index contributed by atoms with van der Waals surface area (Å²) < 4.78 is 0.